The van der Waals surface area contributed by atoms with Gasteiger partial charge in [-0.1, -0.05) is 12.1 Å². The molecule has 1 atom stereocenters. The molecule has 0 fully saturated rings. The Morgan fingerprint density at radius 3 is 2.48 bits per heavy atom. The maximum absolute atomic E-state index is 13.4. The van der Waals surface area contributed by atoms with E-state index in [0.717, 1.165) is 0 Å². The molecule has 0 heterocycles. The van der Waals surface area contributed by atoms with Gasteiger partial charge in [0.05, 0.1) is 6.61 Å². The molecule has 0 spiro atoms. The molecule has 2 aromatic carbocycles. The van der Waals surface area contributed by atoms with Crippen LogP contribution in [-0.2, 0) is 4.79 Å². The standard InChI is InChI=1S/C18H19FN2O4/c1-12(10-22)20-18(24)13-6-8-14(9-7-13)21-17(23)11-25-16-5-3-2-4-15(16)19/h2-9,12,22H,10-11H2,1H3,(H,20,24)(H,21,23). The number of nitrogens with one attached hydrogen (secondary N) is 2. The van der Waals surface area contributed by atoms with Crippen LogP contribution in [0.15, 0.2) is 48.5 Å². The van der Waals surface area contributed by atoms with Crippen LogP contribution >= 0.6 is 0 Å². The van der Waals surface area contributed by atoms with Gasteiger partial charge in [-0.25, -0.2) is 4.39 Å². The minimum absolute atomic E-state index is 0.00247. The number of benzene rings is 2. The molecule has 2 amide bonds. The van der Waals surface area contributed by atoms with Gasteiger partial charge in [0.1, 0.15) is 0 Å². The number of amides is 2. The molecule has 0 saturated heterocycles. The van der Waals surface area contributed by atoms with Gasteiger partial charge < -0.3 is 20.5 Å². The van der Waals surface area contributed by atoms with Gasteiger partial charge in [-0.05, 0) is 43.3 Å². The molecule has 3 N–H and O–H groups in total. The van der Waals surface area contributed by atoms with Crippen molar-refractivity contribution in [1.29, 1.82) is 0 Å². The van der Waals surface area contributed by atoms with Crippen LogP contribution in [0.3, 0.4) is 0 Å². The summed E-state index contributed by atoms with van der Waals surface area (Å²) in [6, 6.07) is 11.7. The Balaban J connectivity index is 1.87. The lowest BCUT2D eigenvalue weighted by Gasteiger charge is -2.11. The summed E-state index contributed by atoms with van der Waals surface area (Å²) in [6.45, 7) is 1.20. The van der Waals surface area contributed by atoms with E-state index in [1.54, 1.807) is 37.3 Å². The van der Waals surface area contributed by atoms with Crippen molar-refractivity contribution < 1.29 is 23.8 Å². The van der Waals surface area contributed by atoms with E-state index < -0.39 is 11.7 Å². The van der Waals surface area contributed by atoms with E-state index >= 15 is 0 Å². The highest BCUT2D eigenvalue weighted by Crippen LogP contribution is 2.15. The van der Waals surface area contributed by atoms with Crippen LogP contribution in [-0.4, -0.2) is 36.2 Å². The first-order valence-corrected chi connectivity index (χ1v) is 7.68. The number of aliphatic hydroxyl groups is 1. The highest BCUT2D eigenvalue weighted by molar-refractivity contribution is 5.96. The summed E-state index contributed by atoms with van der Waals surface area (Å²) in [5, 5.41) is 14.1. The first-order chi connectivity index (χ1) is 12.0. The van der Waals surface area contributed by atoms with Gasteiger partial charge >= 0.3 is 0 Å². The number of para-hydroxylation sites is 1. The van der Waals surface area contributed by atoms with Crippen LogP contribution in [0.1, 0.15) is 17.3 Å². The summed E-state index contributed by atoms with van der Waals surface area (Å²) in [5.74, 6) is -1.30. The van der Waals surface area contributed by atoms with Gasteiger partial charge in [-0.15, -0.1) is 0 Å². The molecule has 0 saturated carbocycles. The van der Waals surface area contributed by atoms with Gasteiger partial charge in [0, 0.05) is 17.3 Å². The Morgan fingerprint density at radius 1 is 1.16 bits per heavy atom. The molecule has 0 aliphatic rings. The number of carbonyl (C=O) groups excluding carboxylic acids is 2. The highest BCUT2D eigenvalue weighted by atomic mass is 19.1. The van der Waals surface area contributed by atoms with Crippen molar-refractivity contribution in [3.8, 4) is 5.75 Å². The van der Waals surface area contributed by atoms with E-state index in [4.69, 9.17) is 9.84 Å². The summed E-state index contributed by atoms with van der Waals surface area (Å²) in [7, 11) is 0. The minimum atomic E-state index is -0.539. The Hall–Kier alpha value is -2.93. The van der Waals surface area contributed by atoms with Gasteiger partial charge in [0.25, 0.3) is 11.8 Å². The van der Waals surface area contributed by atoms with E-state index in [1.807, 2.05) is 0 Å². The predicted molar refractivity (Wildman–Crippen MR) is 91.0 cm³/mol. The second-order valence-electron chi connectivity index (χ2n) is 5.40. The fourth-order valence-electron chi connectivity index (χ4n) is 1.96. The van der Waals surface area contributed by atoms with Gasteiger partial charge in [0.2, 0.25) is 0 Å². The molecule has 0 aliphatic carbocycles. The van der Waals surface area contributed by atoms with Crippen molar-refractivity contribution >= 4 is 17.5 Å². The Kier molecular flexibility index (Phi) is 6.47. The van der Waals surface area contributed by atoms with E-state index in [2.05, 4.69) is 10.6 Å². The number of anilines is 1. The molecular formula is C18H19FN2O4. The fourth-order valence-corrected chi connectivity index (χ4v) is 1.96. The maximum Gasteiger partial charge on any atom is 0.262 e. The molecular weight excluding hydrogens is 327 g/mol. The average molecular weight is 346 g/mol. The monoisotopic (exact) mass is 346 g/mol. The van der Waals surface area contributed by atoms with E-state index in [-0.39, 0.29) is 30.9 Å². The number of carbonyl (C=O) groups is 2. The average Bonchev–Trinajstić information content (AvgIpc) is 2.61. The summed E-state index contributed by atoms with van der Waals surface area (Å²) >= 11 is 0. The van der Waals surface area contributed by atoms with E-state index in [1.165, 1.54) is 18.2 Å². The number of aliphatic hydroxyl groups excluding tert-OH is 1. The Labute approximate surface area is 144 Å². The van der Waals surface area contributed by atoms with Crippen LogP contribution < -0.4 is 15.4 Å². The molecule has 6 nitrogen and oxygen atoms in total. The summed E-state index contributed by atoms with van der Waals surface area (Å²) in [5.41, 5.74) is 0.884. The molecule has 0 aromatic heterocycles. The lowest BCUT2D eigenvalue weighted by molar-refractivity contribution is -0.118. The van der Waals surface area contributed by atoms with Gasteiger partial charge in [0.15, 0.2) is 18.2 Å². The second kappa shape index (κ2) is 8.79. The first-order valence-electron chi connectivity index (χ1n) is 7.68. The van der Waals surface area contributed by atoms with Crippen molar-refractivity contribution in [2.24, 2.45) is 0 Å². The molecule has 2 aromatic rings. The van der Waals surface area contributed by atoms with Crippen molar-refractivity contribution in [2.45, 2.75) is 13.0 Å². The topological polar surface area (TPSA) is 87.7 Å². The molecule has 25 heavy (non-hydrogen) atoms. The maximum atomic E-state index is 13.4. The second-order valence-corrected chi connectivity index (χ2v) is 5.40. The summed E-state index contributed by atoms with van der Waals surface area (Å²) in [4.78, 5) is 23.7. The van der Waals surface area contributed by atoms with Crippen molar-refractivity contribution in [3.05, 3.63) is 59.9 Å². The highest BCUT2D eigenvalue weighted by Gasteiger charge is 2.10. The SMILES string of the molecule is CC(CO)NC(=O)c1ccc(NC(=O)COc2ccccc2F)cc1. The molecule has 7 heteroatoms. The number of halogens is 1. The summed E-state index contributed by atoms with van der Waals surface area (Å²) in [6.07, 6.45) is 0. The Bertz CT molecular complexity index is 734. The van der Waals surface area contributed by atoms with Crippen LogP contribution in [0.4, 0.5) is 10.1 Å². The lowest BCUT2D eigenvalue weighted by Crippen LogP contribution is -2.34. The molecule has 0 radical (unpaired) electrons. The minimum Gasteiger partial charge on any atom is -0.481 e. The van der Waals surface area contributed by atoms with Crippen LogP contribution in [0.5, 0.6) is 5.75 Å². The Morgan fingerprint density at radius 2 is 1.84 bits per heavy atom. The zero-order chi connectivity index (χ0) is 18.2. The zero-order valence-electron chi connectivity index (χ0n) is 13.7. The van der Waals surface area contributed by atoms with Crippen molar-refractivity contribution in [3.63, 3.8) is 0 Å². The number of hydrogen-bond acceptors (Lipinski definition) is 4. The first kappa shape index (κ1) is 18.4. The molecule has 132 valence electrons. The third-order valence-electron chi connectivity index (χ3n) is 3.28. The third-order valence-corrected chi connectivity index (χ3v) is 3.28. The number of rotatable bonds is 7. The van der Waals surface area contributed by atoms with Crippen LogP contribution in [0, 0.1) is 5.82 Å². The molecule has 2 rings (SSSR count). The molecule has 0 aliphatic heterocycles. The number of ether oxygens (including phenoxy) is 1. The van der Waals surface area contributed by atoms with Crippen LogP contribution in [0.2, 0.25) is 0 Å². The van der Waals surface area contributed by atoms with Gasteiger partial charge in [-0.2, -0.15) is 0 Å². The predicted octanol–water partition coefficient (Wildman–Crippen LogP) is 1.95. The molecule has 1 unspecified atom stereocenters. The third kappa shape index (κ3) is 5.58. The van der Waals surface area contributed by atoms with Crippen molar-refractivity contribution in [1.82, 2.24) is 5.32 Å². The van der Waals surface area contributed by atoms with Crippen molar-refractivity contribution in [2.75, 3.05) is 18.5 Å². The van der Waals surface area contributed by atoms with Gasteiger partial charge in [-0.3, -0.25) is 9.59 Å². The van der Waals surface area contributed by atoms with E-state index in [9.17, 15) is 14.0 Å². The zero-order valence-corrected chi connectivity index (χ0v) is 13.7. The fraction of sp³-hybridized carbons (Fsp3) is 0.222. The lowest BCUT2D eigenvalue weighted by atomic mass is 10.2. The molecule has 0 bridgehead atoms. The van der Waals surface area contributed by atoms with E-state index in [0.29, 0.717) is 11.3 Å². The normalized spacial score (nSPS) is 11.5. The smallest absolute Gasteiger partial charge is 0.262 e. The largest absolute Gasteiger partial charge is 0.481 e. The van der Waals surface area contributed by atoms with Crippen LogP contribution in [0.25, 0.3) is 0 Å². The number of hydrogen-bond donors (Lipinski definition) is 3. The summed E-state index contributed by atoms with van der Waals surface area (Å²) < 4.78 is 18.5. The quantitative estimate of drug-likeness (QED) is 0.715.